The van der Waals surface area contributed by atoms with Gasteiger partial charge in [0, 0.05) is 7.05 Å². The van der Waals surface area contributed by atoms with Gasteiger partial charge in [-0.2, -0.15) is 0 Å². The van der Waals surface area contributed by atoms with Crippen LogP contribution in [0.15, 0.2) is 28.6 Å². The summed E-state index contributed by atoms with van der Waals surface area (Å²) in [6.45, 7) is 1.56. The maximum atomic E-state index is 11.6. The summed E-state index contributed by atoms with van der Waals surface area (Å²) in [5.41, 5.74) is 0.640. The summed E-state index contributed by atoms with van der Waals surface area (Å²) < 4.78 is 25.5. The number of amidine groups is 1. The minimum absolute atomic E-state index is 0.314. The first kappa shape index (κ1) is 15.0. The van der Waals surface area contributed by atoms with Crippen LogP contribution in [0.4, 0.5) is 0 Å². The third kappa shape index (κ3) is 4.68. The molecular formula is C11H12Cl2N2O2S. The molecule has 0 aliphatic carbocycles. The Hall–Kier alpha value is -1.04. The van der Waals surface area contributed by atoms with Crippen LogP contribution >= 0.6 is 23.2 Å². The highest BCUT2D eigenvalue weighted by molar-refractivity contribution is 7.93. The molecule has 0 saturated carbocycles. The largest absolute Gasteiger partial charge is 0.275 e. The van der Waals surface area contributed by atoms with Gasteiger partial charge in [0.15, 0.2) is 0 Å². The van der Waals surface area contributed by atoms with E-state index in [1.807, 2.05) is 0 Å². The number of aliphatic imine (C=N–C) groups is 1. The van der Waals surface area contributed by atoms with E-state index in [9.17, 15) is 8.42 Å². The highest BCUT2D eigenvalue weighted by Gasteiger charge is 2.05. The Balaban J connectivity index is 2.89. The monoisotopic (exact) mass is 306 g/mol. The number of nitrogens with one attached hydrogen (secondary N) is 1. The molecule has 0 atom stereocenters. The molecule has 0 radical (unpaired) electrons. The molecule has 18 heavy (non-hydrogen) atoms. The number of nitrogens with zero attached hydrogens (tertiary/aromatic N) is 1. The Kier molecular flexibility index (Phi) is 5.19. The van der Waals surface area contributed by atoms with Crippen molar-refractivity contribution >= 4 is 45.1 Å². The molecule has 1 N–H and O–H groups in total. The molecular weight excluding hydrogens is 295 g/mol. The highest BCUT2D eigenvalue weighted by Crippen LogP contribution is 2.23. The first-order chi connectivity index (χ1) is 8.34. The van der Waals surface area contributed by atoms with Gasteiger partial charge in [-0.25, -0.2) is 8.42 Å². The third-order valence-electron chi connectivity index (χ3n) is 2.01. The average molecular weight is 307 g/mol. The summed E-state index contributed by atoms with van der Waals surface area (Å²) in [4.78, 5) is 3.71. The van der Waals surface area contributed by atoms with Crippen molar-refractivity contribution in [1.82, 2.24) is 4.72 Å². The zero-order chi connectivity index (χ0) is 13.8. The number of hydrogen-bond acceptors (Lipinski definition) is 3. The second-order valence-corrected chi connectivity index (χ2v) is 5.81. The molecule has 0 spiro atoms. The normalized spacial score (nSPS) is 13.0. The predicted molar refractivity (Wildman–Crippen MR) is 76.6 cm³/mol. The van der Waals surface area contributed by atoms with Gasteiger partial charge in [0.25, 0.3) is 10.0 Å². The average Bonchev–Trinajstić information content (AvgIpc) is 2.30. The second kappa shape index (κ2) is 6.22. The van der Waals surface area contributed by atoms with Crippen LogP contribution in [0.2, 0.25) is 10.0 Å². The third-order valence-corrected chi connectivity index (χ3v) is 3.82. The number of sulfonamides is 1. The summed E-state index contributed by atoms with van der Waals surface area (Å²) in [5.74, 6) is 0.314. The van der Waals surface area contributed by atoms with E-state index in [0.717, 1.165) is 5.41 Å². The Morgan fingerprint density at radius 3 is 2.56 bits per heavy atom. The van der Waals surface area contributed by atoms with Gasteiger partial charge in [-0.15, -0.1) is 0 Å². The maximum absolute atomic E-state index is 11.6. The summed E-state index contributed by atoms with van der Waals surface area (Å²) in [7, 11) is -2.05. The van der Waals surface area contributed by atoms with Gasteiger partial charge >= 0.3 is 0 Å². The Morgan fingerprint density at radius 2 is 2.00 bits per heavy atom. The van der Waals surface area contributed by atoms with E-state index in [0.29, 0.717) is 21.4 Å². The molecule has 0 bridgehead atoms. The van der Waals surface area contributed by atoms with Crippen LogP contribution in [0.1, 0.15) is 12.5 Å². The zero-order valence-corrected chi connectivity index (χ0v) is 12.1. The van der Waals surface area contributed by atoms with Gasteiger partial charge in [-0.1, -0.05) is 29.3 Å². The van der Waals surface area contributed by atoms with Crippen molar-refractivity contribution in [2.75, 3.05) is 7.05 Å². The fourth-order valence-corrected chi connectivity index (χ4v) is 2.28. The van der Waals surface area contributed by atoms with Crippen molar-refractivity contribution in [2.45, 2.75) is 6.92 Å². The predicted octanol–water partition coefficient (Wildman–Crippen LogP) is 2.93. The van der Waals surface area contributed by atoms with E-state index in [2.05, 4.69) is 9.71 Å². The zero-order valence-electron chi connectivity index (χ0n) is 9.81. The number of benzene rings is 1. The fourth-order valence-electron chi connectivity index (χ4n) is 1.07. The van der Waals surface area contributed by atoms with Crippen LogP contribution < -0.4 is 4.72 Å². The fraction of sp³-hybridized carbons (Fsp3) is 0.182. The molecule has 0 unspecified atom stereocenters. The molecule has 4 nitrogen and oxygen atoms in total. The molecule has 1 aromatic rings. The maximum Gasteiger partial charge on any atom is 0.255 e. The second-order valence-electron chi connectivity index (χ2n) is 3.43. The van der Waals surface area contributed by atoms with E-state index >= 15 is 0 Å². The molecule has 98 valence electrons. The summed E-state index contributed by atoms with van der Waals surface area (Å²) in [6.07, 6.45) is 1.42. The minimum atomic E-state index is -3.55. The Bertz CT molecular complexity index is 595. The van der Waals surface area contributed by atoms with Gasteiger partial charge in [0.05, 0.1) is 15.5 Å². The van der Waals surface area contributed by atoms with Crippen molar-refractivity contribution in [3.05, 3.63) is 39.2 Å². The lowest BCUT2D eigenvalue weighted by atomic mass is 10.2. The lowest BCUT2D eigenvalue weighted by molar-refractivity contribution is 0.601. The number of halogens is 2. The lowest BCUT2D eigenvalue weighted by Crippen LogP contribution is -2.26. The smallest absolute Gasteiger partial charge is 0.255 e. The first-order valence-corrected chi connectivity index (χ1v) is 7.23. The summed E-state index contributed by atoms with van der Waals surface area (Å²) >= 11 is 11.6. The molecule has 0 heterocycles. The molecule has 0 aromatic heterocycles. The lowest BCUT2D eigenvalue weighted by Gasteiger charge is -2.02. The molecule has 7 heteroatoms. The highest BCUT2D eigenvalue weighted by atomic mass is 35.5. The van der Waals surface area contributed by atoms with Gasteiger partial charge in [0.1, 0.15) is 5.84 Å². The summed E-state index contributed by atoms with van der Waals surface area (Å²) in [5, 5.41) is 1.83. The van der Waals surface area contributed by atoms with Crippen molar-refractivity contribution in [2.24, 2.45) is 4.99 Å². The molecule has 1 rings (SSSR count). The minimum Gasteiger partial charge on any atom is -0.275 e. The van der Waals surface area contributed by atoms with Crippen LogP contribution in [0.25, 0.3) is 6.08 Å². The van der Waals surface area contributed by atoms with Crippen LogP contribution in [-0.4, -0.2) is 21.3 Å². The van der Waals surface area contributed by atoms with Gasteiger partial charge in [0.2, 0.25) is 0 Å². The van der Waals surface area contributed by atoms with Crippen molar-refractivity contribution in [1.29, 1.82) is 0 Å². The quantitative estimate of drug-likeness (QED) is 0.689. The number of hydrogen-bond donors (Lipinski definition) is 1. The van der Waals surface area contributed by atoms with E-state index in [1.165, 1.54) is 13.1 Å². The van der Waals surface area contributed by atoms with E-state index in [-0.39, 0.29) is 0 Å². The Labute approximate surface area is 116 Å². The summed E-state index contributed by atoms with van der Waals surface area (Å²) in [6, 6.07) is 4.85. The molecule has 0 fully saturated rings. The first-order valence-electron chi connectivity index (χ1n) is 4.93. The van der Waals surface area contributed by atoms with Crippen molar-refractivity contribution in [3.8, 4) is 0 Å². The van der Waals surface area contributed by atoms with E-state index in [4.69, 9.17) is 23.2 Å². The topological polar surface area (TPSA) is 58.5 Å². The van der Waals surface area contributed by atoms with Crippen LogP contribution in [-0.2, 0) is 10.0 Å². The van der Waals surface area contributed by atoms with E-state index in [1.54, 1.807) is 25.1 Å². The van der Waals surface area contributed by atoms with Crippen molar-refractivity contribution in [3.63, 3.8) is 0 Å². The van der Waals surface area contributed by atoms with Gasteiger partial charge in [-0.05, 0) is 30.7 Å². The van der Waals surface area contributed by atoms with Crippen LogP contribution in [0.3, 0.4) is 0 Å². The molecule has 0 saturated heterocycles. The van der Waals surface area contributed by atoms with Crippen LogP contribution in [0.5, 0.6) is 0 Å². The van der Waals surface area contributed by atoms with Gasteiger partial charge in [-0.3, -0.25) is 9.71 Å². The molecule has 0 aliphatic rings. The molecule has 0 amide bonds. The van der Waals surface area contributed by atoms with Crippen molar-refractivity contribution < 1.29 is 8.42 Å². The molecule has 0 aliphatic heterocycles. The van der Waals surface area contributed by atoms with E-state index < -0.39 is 10.0 Å². The van der Waals surface area contributed by atoms with Crippen LogP contribution in [0, 0.1) is 0 Å². The molecule has 1 aromatic carbocycles. The number of rotatable bonds is 3. The van der Waals surface area contributed by atoms with Gasteiger partial charge < -0.3 is 0 Å². The Morgan fingerprint density at radius 1 is 1.33 bits per heavy atom. The standard InChI is InChI=1S/C11H12Cl2N2O2S/c1-8(14-2)15-18(16,17)6-5-9-3-4-10(12)11(13)7-9/h3-7H,1-2H3,(H,14,15)/b6-5+. The SMILES string of the molecule is CN=C(C)NS(=O)(=O)/C=C/c1ccc(Cl)c(Cl)c1.